The third kappa shape index (κ3) is 2.99. The molecule has 0 spiro atoms. The number of aryl methyl sites for hydroxylation is 1. The lowest BCUT2D eigenvalue weighted by Gasteiger charge is -2.11. The summed E-state index contributed by atoms with van der Waals surface area (Å²) in [7, 11) is 0. The van der Waals surface area contributed by atoms with Crippen molar-refractivity contribution >= 4 is 39.3 Å². The van der Waals surface area contributed by atoms with Crippen molar-refractivity contribution in [2.45, 2.75) is 13.0 Å². The average molecular weight is 301 g/mol. The van der Waals surface area contributed by atoms with Crippen LogP contribution in [0.1, 0.15) is 5.56 Å². The Kier molecular flexibility index (Phi) is 3.89. The van der Waals surface area contributed by atoms with Gasteiger partial charge in [0.1, 0.15) is 0 Å². The van der Waals surface area contributed by atoms with E-state index in [1.807, 2.05) is 25.1 Å². The fraction of sp³-hybridized carbons (Fsp3) is 0.364. The van der Waals surface area contributed by atoms with Gasteiger partial charge in [-0.2, -0.15) is 0 Å². The Balaban J connectivity index is 2.05. The van der Waals surface area contributed by atoms with Crippen molar-refractivity contribution < 1.29 is 4.79 Å². The Hall–Kier alpha value is -0.520. The van der Waals surface area contributed by atoms with E-state index in [1.54, 1.807) is 11.8 Å². The molecule has 2 rings (SSSR count). The summed E-state index contributed by atoms with van der Waals surface area (Å²) in [5.74, 6) is 1.75. The molecule has 1 saturated heterocycles. The van der Waals surface area contributed by atoms with Gasteiger partial charge in [0.2, 0.25) is 5.91 Å². The monoisotopic (exact) mass is 300 g/mol. The van der Waals surface area contributed by atoms with Gasteiger partial charge in [0.05, 0.1) is 6.04 Å². The molecule has 1 aliphatic rings. The molecular formula is C11H13BrN2OS. The van der Waals surface area contributed by atoms with Crippen molar-refractivity contribution in [3.8, 4) is 0 Å². The highest BCUT2D eigenvalue weighted by molar-refractivity contribution is 9.10. The number of carbonyl (C=O) groups is 1. The highest BCUT2D eigenvalue weighted by atomic mass is 79.9. The van der Waals surface area contributed by atoms with Gasteiger partial charge in [0.25, 0.3) is 0 Å². The summed E-state index contributed by atoms with van der Waals surface area (Å²) in [4.78, 5) is 11.8. The maximum Gasteiger partial charge on any atom is 0.242 e. The van der Waals surface area contributed by atoms with Crippen LogP contribution in [0.4, 0.5) is 5.69 Å². The first-order valence-electron chi connectivity index (χ1n) is 5.04. The summed E-state index contributed by atoms with van der Waals surface area (Å²) < 4.78 is 0.983. The molecule has 0 radical (unpaired) electrons. The van der Waals surface area contributed by atoms with Crippen LogP contribution >= 0.6 is 27.7 Å². The van der Waals surface area contributed by atoms with Gasteiger partial charge in [-0.15, -0.1) is 11.8 Å². The van der Waals surface area contributed by atoms with E-state index in [0.717, 1.165) is 27.4 Å². The van der Waals surface area contributed by atoms with Crippen LogP contribution in [0.25, 0.3) is 0 Å². The van der Waals surface area contributed by atoms with Crippen LogP contribution in [0.3, 0.4) is 0 Å². The molecule has 1 aromatic rings. The predicted molar refractivity (Wildman–Crippen MR) is 71.8 cm³/mol. The van der Waals surface area contributed by atoms with E-state index >= 15 is 0 Å². The first-order chi connectivity index (χ1) is 7.65. The Bertz CT molecular complexity index is 385. The zero-order chi connectivity index (χ0) is 11.5. The van der Waals surface area contributed by atoms with Crippen molar-refractivity contribution in [1.82, 2.24) is 5.32 Å². The van der Waals surface area contributed by atoms with Gasteiger partial charge in [0.15, 0.2) is 0 Å². The third-order valence-corrected chi connectivity index (χ3v) is 3.74. The topological polar surface area (TPSA) is 41.1 Å². The van der Waals surface area contributed by atoms with Gasteiger partial charge >= 0.3 is 0 Å². The SMILES string of the molecule is Cc1cc(Br)cc(NC(=O)C2CSCN2)c1. The summed E-state index contributed by atoms with van der Waals surface area (Å²) in [5, 5.41) is 6.07. The number of halogens is 1. The second kappa shape index (κ2) is 5.21. The molecule has 0 aromatic heterocycles. The molecule has 86 valence electrons. The second-order valence-corrected chi connectivity index (χ2v) is 5.72. The van der Waals surface area contributed by atoms with Crippen LogP contribution in [-0.2, 0) is 4.79 Å². The molecule has 1 unspecified atom stereocenters. The Labute approximate surface area is 108 Å². The Morgan fingerprint density at radius 3 is 3.00 bits per heavy atom. The van der Waals surface area contributed by atoms with Gasteiger partial charge in [-0.25, -0.2) is 0 Å². The lowest BCUT2D eigenvalue weighted by molar-refractivity contribution is -0.117. The molecule has 1 aliphatic heterocycles. The molecule has 1 aromatic carbocycles. The number of amides is 1. The number of rotatable bonds is 2. The van der Waals surface area contributed by atoms with Gasteiger partial charge in [-0.3, -0.25) is 10.1 Å². The molecule has 16 heavy (non-hydrogen) atoms. The minimum Gasteiger partial charge on any atom is -0.325 e. The van der Waals surface area contributed by atoms with Crippen molar-refractivity contribution in [2.75, 3.05) is 16.9 Å². The van der Waals surface area contributed by atoms with Gasteiger partial charge in [-0.05, 0) is 30.7 Å². The van der Waals surface area contributed by atoms with Crippen LogP contribution < -0.4 is 10.6 Å². The second-order valence-electron chi connectivity index (χ2n) is 3.78. The number of carbonyl (C=O) groups excluding carboxylic acids is 1. The molecule has 5 heteroatoms. The Morgan fingerprint density at radius 1 is 1.56 bits per heavy atom. The first kappa shape index (κ1) is 12.0. The van der Waals surface area contributed by atoms with E-state index in [0.29, 0.717) is 0 Å². The largest absolute Gasteiger partial charge is 0.325 e. The summed E-state index contributed by atoms with van der Waals surface area (Å²) in [5.41, 5.74) is 1.97. The zero-order valence-electron chi connectivity index (χ0n) is 8.92. The molecule has 1 atom stereocenters. The minimum absolute atomic E-state index is 0.0440. The molecule has 1 heterocycles. The number of hydrogen-bond acceptors (Lipinski definition) is 3. The standard InChI is InChI=1S/C11H13BrN2OS/c1-7-2-8(12)4-9(3-7)14-11(15)10-5-16-6-13-10/h2-4,10,13H,5-6H2,1H3,(H,14,15). The molecule has 0 saturated carbocycles. The fourth-order valence-corrected chi connectivity index (χ4v) is 3.15. The van der Waals surface area contributed by atoms with Crippen LogP contribution in [0, 0.1) is 6.92 Å². The van der Waals surface area contributed by atoms with E-state index in [9.17, 15) is 4.79 Å². The smallest absolute Gasteiger partial charge is 0.242 e. The van der Waals surface area contributed by atoms with E-state index in [-0.39, 0.29) is 11.9 Å². The lowest BCUT2D eigenvalue weighted by atomic mass is 10.2. The fourth-order valence-electron chi connectivity index (χ4n) is 1.60. The lowest BCUT2D eigenvalue weighted by Crippen LogP contribution is -2.37. The summed E-state index contributed by atoms with van der Waals surface area (Å²) >= 11 is 5.16. The summed E-state index contributed by atoms with van der Waals surface area (Å²) in [6.45, 7) is 2.00. The maximum atomic E-state index is 11.8. The van der Waals surface area contributed by atoms with Gasteiger partial charge < -0.3 is 5.32 Å². The van der Waals surface area contributed by atoms with Crippen molar-refractivity contribution in [3.63, 3.8) is 0 Å². The number of thioether (sulfide) groups is 1. The zero-order valence-corrected chi connectivity index (χ0v) is 11.3. The van der Waals surface area contributed by atoms with Crippen LogP contribution in [-0.4, -0.2) is 23.6 Å². The molecule has 1 amide bonds. The highest BCUT2D eigenvalue weighted by Crippen LogP contribution is 2.20. The molecule has 1 fully saturated rings. The van der Waals surface area contributed by atoms with Gasteiger partial charge in [0, 0.05) is 21.8 Å². The molecule has 3 nitrogen and oxygen atoms in total. The third-order valence-electron chi connectivity index (χ3n) is 2.34. The number of anilines is 1. The molecule has 0 bridgehead atoms. The highest BCUT2D eigenvalue weighted by Gasteiger charge is 2.22. The first-order valence-corrected chi connectivity index (χ1v) is 6.99. The van der Waals surface area contributed by atoms with E-state index in [1.165, 1.54) is 0 Å². The van der Waals surface area contributed by atoms with E-state index in [4.69, 9.17) is 0 Å². The van der Waals surface area contributed by atoms with E-state index < -0.39 is 0 Å². The average Bonchev–Trinajstić information content (AvgIpc) is 2.68. The molecule has 0 aliphatic carbocycles. The predicted octanol–water partition coefficient (Wildman–Crippen LogP) is 2.36. The quantitative estimate of drug-likeness (QED) is 0.881. The van der Waals surface area contributed by atoms with Crippen LogP contribution in [0.15, 0.2) is 22.7 Å². The summed E-state index contributed by atoms with van der Waals surface area (Å²) in [6.07, 6.45) is 0. The van der Waals surface area contributed by atoms with E-state index in [2.05, 4.69) is 26.6 Å². The van der Waals surface area contributed by atoms with Crippen molar-refractivity contribution in [3.05, 3.63) is 28.2 Å². The normalized spacial score (nSPS) is 19.8. The maximum absolute atomic E-state index is 11.8. The number of benzene rings is 1. The van der Waals surface area contributed by atoms with Gasteiger partial charge in [-0.1, -0.05) is 15.9 Å². The molecule has 2 N–H and O–H groups in total. The number of nitrogens with one attached hydrogen (secondary N) is 2. The summed E-state index contributed by atoms with van der Waals surface area (Å²) in [6, 6.07) is 5.82. The minimum atomic E-state index is -0.0655. The van der Waals surface area contributed by atoms with Crippen molar-refractivity contribution in [2.24, 2.45) is 0 Å². The van der Waals surface area contributed by atoms with Crippen molar-refractivity contribution in [1.29, 1.82) is 0 Å². The van der Waals surface area contributed by atoms with Crippen LogP contribution in [0.2, 0.25) is 0 Å². The molecular weight excluding hydrogens is 288 g/mol. The van der Waals surface area contributed by atoms with Crippen LogP contribution in [0.5, 0.6) is 0 Å². The Morgan fingerprint density at radius 2 is 2.38 bits per heavy atom. The number of hydrogen-bond donors (Lipinski definition) is 2.